The van der Waals surface area contributed by atoms with Crippen LogP contribution in [-0.2, 0) is 13.0 Å². The van der Waals surface area contributed by atoms with Gasteiger partial charge in [-0.25, -0.2) is 0 Å². The molecule has 26 heavy (non-hydrogen) atoms. The van der Waals surface area contributed by atoms with Gasteiger partial charge in [0.2, 0.25) is 0 Å². The highest BCUT2D eigenvalue weighted by Gasteiger charge is 2.18. The van der Waals surface area contributed by atoms with E-state index in [1.807, 2.05) is 12.1 Å². The average Bonchev–Trinajstić information content (AvgIpc) is 2.66. The lowest BCUT2D eigenvalue weighted by molar-refractivity contribution is 0.459. The van der Waals surface area contributed by atoms with E-state index in [9.17, 15) is 0 Å². The average molecular weight is 382 g/mol. The van der Waals surface area contributed by atoms with Crippen molar-refractivity contribution in [3.05, 3.63) is 93.5 Å². The van der Waals surface area contributed by atoms with Crippen molar-refractivity contribution in [2.45, 2.75) is 31.8 Å². The van der Waals surface area contributed by atoms with Gasteiger partial charge in [0.15, 0.2) is 0 Å². The van der Waals surface area contributed by atoms with Crippen molar-refractivity contribution in [1.82, 2.24) is 5.32 Å². The van der Waals surface area contributed by atoms with Crippen LogP contribution in [0.25, 0.3) is 11.1 Å². The Morgan fingerprint density at radius 1 is 0.846 bits per heavy atom. The first-order valence-corrected chi connectivity index (χ1v) is 9.81. The van der Waals surface area contributed by atoms with Crippen LogP contribution in [0.5, 0.6) is 0 Å². The number of rotatable bonds is 4. The van der Waals surface area contributed by atoms with Gasteiger partial charge in [0.1, 0.15) is 0 Å². The number of benzene rings is 3. The van der Waals surface area contributed by atoms with E-state index in [4.69, 9.17) is 23.2 Å². The van der Waals surface area contributed by atoms with E-state index >= 15 is 0 Å². The molecular weight excluding hydrogens is 361 g/mol. The Bertz CT molecular complexity index is 882. The molecule has 3 aromatic carbocycles. The van der Waals surface area contributed by atoms with Crippen molar-refractivity contribution in [1.29, 1.82) is 0 Å². The van der Waals surface area contributed by atoms with Crippen LogP contribution in [-0.4, -0.2) is 0 Å². The van der Waals surface area contributed by atoms with E-state index in [1.54, 1.807) is 6.07 Å². The smallest absolute Gasteiger partial charge is 0.0426 e. The highest BCUT2D eigenvalue weighted by molar-refractivity contribution is 6.35. The summed E-state index contributed by atoms with van der Waals surface area (Å²) in [7, 11) is 0. The minimum absolute atomic E-state index is 0.450. The molecule has 1 N–H and O–H groups in total. The Balaban J connectivity index is 1.45. The molecule has 1 aliphatic rings. The van der Waals surface area contributed by atoms with Crippen LogP contribution >= 0.6 is 23.2 Å². The summed E-state index contributed by atoms with van der Waals surface area (Å²) in [5.74, 6) is 0. The third kappa shape index (κ3) is 3.96. The van der Waals surface area contributed by atoms with Gasteiger partial charge in [-0.05, 0) is 65.3 Å². The highest BCUT2D eigenvalue weighted by atomic mass is 35.5. The molecule has 0 aliphatic heterocycles. The maximum atomic E-state index is 6.11. The SMILES string of the molecule is Clc1cc(Cl)cc(-c2ccc(CN[C@H]3CCCc4ccccc43)cc2)c1. The molecule has 0 spiro atoms. The summed E-state index contributed by atoms with van der Waals surface area (Å²) >= 11 is 12.2. The van der Waals surface area contributed by atoms with Crippen LogP contribution in [0, 0.1) is 0 Å². The van der Waals surface area contributed by atoms with E-state index in [-0.39, 0.29) is 0 Å². The molecule has 0 fully saturated rings. The molecule has 3 aromatic rings. The van der Waals surface area contributed by atoms with Gasteiger partial charge in [0.05, 0.1) is 0 Å². The molecule has 0 bridgehead atoms. The predicted molar refractivity (Wildman–Crippen MR) is 111 cm³/mol. The lowest BCUT2D eigenvalue weighted by Gasteiger charge is -2.26. The van der Waals surface area contributed by atoms with Crippen molar-refractivity contribution in [2.24, 2.45) is 0 Å². The van der Waals surface area contributed by atoms with Gasteiger partial charge in [-0.15, -0.1) is 0 Å². The van der Waals surface area contributed by atoms with Gasteiger partial charge >= 0.3 is 0 Å². The van der Waals surface area contributed by atoms with Crippen LogP contribution in [0.3, 0.4) is 0 Å². The van der Waals surface area contributed by atoms with Gasteiger partial charge in [0, 0.05) is 22.6 Å². The zero-order valence-corrected chi connectivity index (χ0v) is 16.0. The maximum absolute atomic E-state index is 6.11. The van der Waals surface area contributed by atoms with Crippen molar-refractivity contribution >= 4 is 23.2 Å². The van der Waals surface area contributed by atoms with E-state index in [0.717, 1.165) is 17.7 Å². The third-order valence-corrected chi connectivity index (χ3v) is 5.51. The molecule has 0 saturated heterocycles. The fourth-order valence-corrected chi connectivity index (χ4v) is 4.27. The van der Waals surface area contributed by atoms with Gasteiger partial charge in [-0.1, -0.05) is 71.7 Å². The van der Waals surface area contributed by atoms with Gasteiger partial charge in [-0.3, -0.25) is 0 Å². The minimum atomic E-state index is 0.450. The van der Waals surface area contributed by atoms with Crippen molar-refractivity contribution in [2.75, 3.05) is 0 Å². The summed E-state index contributed by atoms with van der Waals surface area (Å²) < 4.78 is 0. The Labute approximate surface area is 165 Å². The molecule has 1 atom stereocenters. The quantitative estimate of drug-likeness (QED) is 0.522. The van der Waals surface area contributed by atoms with Crippen LogP contribution in [0.4, 0.5) is 0 Å². The summed E-state index contributed by atoms with van der Waals surface area (Å²) in [5, 5.41) is 5.05. The van der Waals surface area contributed by atoms with Crippen LogP contribution in [0.2, 0.25) is 10.0 Å². The highest BCUT2D eigenvalue weighted by Crippen LogP contribution is 2.30. The van der Waals surface area contributed by atoms with Crippen molar-refractivity contribution in [3.63, 3.8) is 0 Å². The zero-order chi connectivity index (χ0) is 17.9. The standard InChI is InChI=1S/C23H21Cl2N/c24-20-12-19(13-21(25)14-20)17-10-8-16(9-11-17)15-26-23-7-3-5-18-4-1-2-6-22(18)23/h1-2,4,6,8-14,23,26H,3,5,7,15H2/t23-/m0/s1. The second kappa shape index (κ2) is 7.84. The Morgan fingerprint density at radius 2 is 1.58 bits per heavy atom. The molecule has 1 aliphatic carbocycles. The molecule has 0 saturated carbocycles. The third-order valence-electron chi connectivity index (χ3n) is 5.07. The van der Waals surface area contributed by atoms with Crippen molar-refractivity contribution in [3.8, 4) is 11.1 Å². The summed E-state index contributed by atoms with van der Waals surface area (Å²) in [4.78, 5) is 0. The molecule has 3 heteroatoms. The van der Waals surface area contributed by atoms with Gasteiger partial charge in [0.25, 0.3) is 0 Å². The van der Waals surface area contributed by atoms with E-state index in [1.165, 1.54) is 36.0 Å². The molecule has 132 valence electrons. The van der Waals surface area contributed by atoms with E-state index < -0.39 is 0 Å². The Morgan fingerprint density at radius 3 is 2.35 bits per heavy atom. The molecule has 0 unspecified atom stereocenters. The monoisotopic (exact) mass is 381 g/mol. The predicted octanol–water partition coefficient (Wildman–Crippen LogP) is 6.83. The first-order valence-electron chi connectivity index (χ1n) is 9.05. The molecule has 0 radical (unpaired) electrons. The minimum Gasteiger partial charge on any atom is -0.306 e. The molecule has 4 rings (SSSR count). The number of hydrogen-bond donors (Lipinski definition) is 1. The summed E-state index contributed by atoms with van der Waals surface area (Å²) in [6.07, 6.45) is 3.66. The van der Waals surface area contributed by atoms with E-state index in [0.29, 0.717) is 16.1 Å². The number of aryl methyl sites for hydroxylation is 1. The number of hydrogen-bond acceptors (Lipinski definition) is 1. The normalized spacial score (nSPS) is 16.3. The Kier molecular flexibility index (Phi) is 5.31. The van der Waals surface area contributed by atoms with Gasteiger partial charge in [-0.2, -0.15) is 0 Å². The maximum Gasteiger partial charge on any atom is 0.0426 e. The lowest BCUT2D eigenvalue weighted by atomic mass is 9.87. The first kappa shape index (κ1) is 17.6. The summed E-state index contributed by atoms with van der Waals surface area (Å²) in [5.41, 5.74) is 6.41. The molecule has 1 nitrogen and oxygen atoms in total. The molecular formula is C23H21Cl2N. The van der Waals surface area contributed by atoms with E-state index in [2.05, 4.69) is 53.8 Å². The number of halogens is 2. The largest absolute Gasteiger partial charge is 0.306 e. The molecule has 0 amide bonds. The molecule has 0 heterocycles. The topological polar surface area (TPSA) is 12.0 Å². The van der Waals surface area contributed by atoms with Gasteiger partial charge < -0.3 is 5.32 Å². The van der Waals surface area contributed by atoms with Crippen LogP contribution in [0.15, 0.2) is 66.7 Å². The zero-order valence-electron chi connectivity index (χ0n) is 14.5. The first-order chi connectivity index (χ1) is 12.7. The summed E-state index contributed by atoms with van der Waals surface area (Å²) in [6.45, 7) is 0.871. The lowest BCUT2D eigenvalue weighted by Crippen LogP contribution is -2.24. The van der Waals surface area contributed by atoms with Crippen LogP contribution in [0.1, 0.15) is 35.6 Å². The van der Waals surface area contributed by atoms with Crippen LogP contribution < -0.4 is 5.32 Å². The fourth-order valence-electron chi connectivity index (χ4n) is 3.74. The number of nitrogens with one attached hydrogen (secondary N) is 1. The van der Waals surface area contributed by atoms with Crippen molar-refractivity contribution < 1.29 is 0 Å². The molecule has 0 aromatic heterocycles. The second-order valence-electron chi connectivity index (χ2n) is 6.88. The summed E-state index contributed by atoms with van der Waals surface area (Å²) in [6, 6.07) is 23.5. The number of fused-ring (bicyclic) bond motifs is 1. The fraction of sp³-hybridized carbons (Fsp3) is 0.217. The Hall–Kier alpha value is -1.80. The second-order valence-corrected chi connectivity index (χ2v) is 7.75.